The Kier molecular flexibility index (Phi) is 6.63. The molecule has 0 radical (unpaired) electrons. The van der Waals surface area contributed by atoms with E-state index in [2.05, 4.69) is 13.2 Å². The van der Waals surface area contributed by atoms with Crippen molar-refractivity contribution in [3.63, 3.8) is 0 Å². The predicted octanol–water partition coefficient (Wildman–Crippen LogP) is -0.154. The summed E-state index contributed by atoms with van der Waals surface area (Å²) in [5.41, 5.74) is -0.350. The Morgan fingerprint density at radius 1 is 0.947 bits per heavy atom. The first-order chi connectivity index (χ1) is 8.61. The second-order valence-electron chi connectivity index (χ2n) is 3.32. The van der Waals surface area contributed by atoms with Crippen molar-refractivity contribution in [2.45, 2.75) is 0 Å². The molecule has 4 nitrogen and oxygen atoms in total. The largest absolute Gasteiger partial charge is 1.00 e. The van der Waals surface area contributed by atoms with Crippen LogP contribution in [0.3, 0.4) is 0 Å². The molecule has 0 saturated heterocycles. The average Bonchev–Trinajstić information content (AvgIpc) is 2.39. The van der Waals surface area contributed by atoms with Crippen LogP contribution in [0.25, 0.3) is 10.8 Å². The van der Waals surface area contributed by atoms with Gasteiger partial charge >= 0.3 is 30.8 Å². The van der Waals surface area contributed by atoms with Gasteiger partial charge in [0.1, 0.15) is 0 Å². The maximum Gasteiger partial charge on any atom is 1.00 e. The summed E-state index contributed by atoms with van der Waals surface area (Å²) in [6.45, 7) is 7.00. The van der Waals surface area contributed by atoms with Crippen molar-refractivity contribution < 1.29 is 38.7 Å². The molecule has 0 aliphatic carbocycles. The van der Waals surface area contributed by atoms with Crippen molar-refractivity contribution in [1.29, 1.82) is 0 Å². The van der Waals surface area contributed by atoms with Gasteiger partial charge in [-0.15, -0.1) is 0 Å². The van der Waals surface area contributed by atoms with Gasteiger partial charge in [0, 0.05) is 0 Å². The maximum absolute atomic E-state index is 11.1. The monoisotopic (exact) mass is 250 g/mol. The summed E-state index contributed by atoms with van der Waals surface area (Å²) >= 11 is 0. The third kappa shape index (κ3) is 3.47. The van der Waals surface area contributed by atoms with Crippen LogP contribution in [0.15, 0.2) is 43.0 Å². The van der Waals surface area contributed by atoms with Crippen LogP contribution in [0.1, 0.15) is 20.7 Å². The number of rotatable bonds is 2. The standard InChI is InChI=1S/C12H8O4.C2H3.Li/c13-11(14)9-6-5-7-3-1-2-4-8(7)10(9)12(15)16;1-2;/h1-6H,(H,13,14)(H,15,16);1H,2H2;/q;-1;+1. The molecule has 92 valence electrons. The Labute approximate surface area is 122 Å². The molecule has 0 saturated carbocycles. The zero-order valence-electron chi connectivity index (χ0n) is 10.5. The van der Waals surface area contributed by atoms with E-state index in [0.29, 0.717) is 10.8 Å². The van der Waals surface area contributed by atoms with E-state index in [1.54, 1.807) is 30.3 Å². The fourth-order valence-electron chi connectivity index (χ4n) is 1.68. The second-order valence-corrected chi connectivity index (χ2v) is 3.32. The quantitative estimate of drug-likeness (QED) is 0.574. The van der Waals surface area contributed by atoms with Crippen molar-refractivity contribution >= 4 is 22.7 Å². The molecule has 0 aliphatic rings. The maximum atomic E-state index is 11.1. The summed E-state index contributed by atoms with van der Waals surface area (Å²) in [5, 5.41) is 19.1. The molecule has 0 fully saturated rings. The normalized spacial score (nSPS) is 8.84. The van der Waals surface area contributed by atoms with Crippen LogP contribution in [-0.2, 0) is 0 Å². The van der Waals surface area contributed by atoms with Gasteiger partial charge in [0.25, 0.3) is 0 Å². The van der Waals surface area contributed by atoms with E-state index in [1.165, 1.54) is 6.07 Å². The van der Waals surface area contributed by atoms with E-state index >= 15 is 0 Å². The first-order valence-electron chi connectivity index (χ1n) is 5.00. The first-order valence-corrected chi connectivity index (χ1v) is 5.00. The third-order valence-corrected chi connectivity index (χ3v) is 2.37. The Bertz CT molecular complexity index is 607. The molecular weight excluding hydrogens is 239 g/mol. The van der Waals surface area contributed by atoms with Crippen molar-refractivity contribution in [3.8, 4) is 0 Å². The topological polar surface area (TPSA) is 74.6 Å². The number of benzene rings is 2. The van der Waals surface area contributed by atoms with Crippen LogP contribution >= 0.6 is 0 Å². The number of hydrogen-bond acceptors (Lipinski definition) is 2. The SMILES string of the molecule is O=C(O)c1ccc2ccccc2c1C(=O)O.[CH-]=C.[Li+]. The predicted molar refractivity (Wildman–Crippen MR) is 67.8 cm³/mol. The van der Waals surface area contributed by atoms with E-state index < -0.39 is 11.9 Å². The van der Waals surface area contributed by atoms with Crippen LogP contribution in [0, 0.1) is 6.58 Å². The van der Waals surface area contributed by atoms with E-state index in [-0.39, 0.29) is 30.0 Å². The smallest absolute Gasteiger partial charge is 0.521 e. The molecule has 2 rings (SSSR count). The fourth-order valence-corrected chi connectivity index (χ4v) is 1.68. The molecule has 5 heteroatoms. The Morgan fingerprint density at radius 2 is 1.53 bits per heavy atom. The van der Waals surface area contributed by atoms with Gasteiger partial charge in [0.05, 0.1) is 11.1 Å². The molecule has 0 aromatic heterocycles. The third-order valence-electron chi connectivity index (χ3n) is 2.37. The van der Waals surface area contributed by atoms with Crippen LogP contribution in [-0.4, -0.2) is 22.2 Å². The van der Waals surface area contributed by atoms with E-state index in [0.717, 1.165) is 0 Å². The zero-order chi connectivity index (χ0) is 13.7. The number of hydrogen-bond donors (Lipinski definition) is 2. The number of carboxylic acids is 2. The molecule has 2 N–H and O–H groups in total. The molecule has 2 aromatic rings. The molecule has 0 amide bonds. The summed E-state index contributed by atoms with van der Waals surface area (Å²) in [5.74, 6) is -2.46. The summed E-state index contributed by atoms with van der Waals surface area (Å²) in [6.07, 6.45) is 0. The molecule has 0 bridgehead atoms. The number of carbonyl (C=O) groups is 2. The zero-order valence-corrected chi connectivity index (χ0v) is 10.5. The molecule has 0 heterocycles. The fraction of sp³-hybridized carbons (Fsp3) is 0. The number of carboxylic acid groups (broad SMARTS) is 2. The van der Waals surface area contributed by atoms with Crippen molar-refractivity contribution in [1.82, 2.24) is 0 Å². The molecule has 2 aromatic carbocycles. The minimum atomic E-state index is -1.23. The van der Waals surface area contributed by atoms with Gasteiger partial charge in [-0.3, -0.25) is 6.58 Å². The van der Waals surface area contributed by atoms with Gasteiger partial charge in [-0.2, -0.15) is 0 Å². The summed E-state index contributed by atoms with van der Waals surface area (Å²) in [6, 6.07) is 9.72. The summed E-state index contributed by atoms with van der Waals surface area (Å²) in [4.78, 5) is 22.0. The molecule has 0 aliphatic heterocycles. The van der Waals surface area contributed by atoms with Crippen LogP contribution < -0.4 is 18.9 Å². The van der Waals surface area contributed by atoms with E-state index in [1.807, 2.05) is 0 Å². The van der Waals surface area contributed by atoms with Crippen molar-refractivity contribution in [2.24, 2.45) is 0 Å². The Hall–Kier alpha value is -2.02. The molecule has 0 unspecified atom stereocenters. The van der Waals surface area contributed by atoms with Crippen LogP contribution in [0.2, 0.25) is 0 Å². The van der Waals surface area contributed by atoms with Gasteiger partial charge in [0.2, 0.25) is 0 Å². The van der Waals surface area contributed by atoms with E-state index in [9.17, 15) is 9.59 Å². The van der Waals surface area contributed by atoms with Crippen LogP contribution in [0.4, 0.5) is 0 Å². The Morgan fingerprint density at radius 3 is 2.05 bits per heavy atom. The van der Waals surface area contributed by atoms with Gasteiger partial charge in [-0.05, 0) is 16.8 Å². The minimum Gasteiger partial charge on any atom is -0.521 e. The van der Waals surface area contributed by atoms with Gasteiger partial charge < -0.3 is 16.8 Å². The summed E-state index contributed by atoms with van der Waals surface area (Å²) in [7, 11) is 0. The number of fused-ring (bicyclic) bond motifs is 1. The molecule has 0 spiro atoms. The first kappa shape index (κ1) is 17.0. The molecule has 19 heavy (non-hydrogen) atoms. The minimum absolute atomic E-state index is 0. The summed E-state index contributed by atoms with van der Waals surface area (Å²) < 4.78 is 0. The molecular formula is C14H11LiO4. The second kappa shape index (κ2) is 7.42. The van der Waals surface area contributed by atoms with Gasteiger partial charge in [-0.1, -0.05) is 30.3 Å². The number of aromatic carboxylic acids is 2. The van der Waals surface area contributed by atoms with Crippen LogP contribution in [0.5, 0.6) is 0 Å². The average molecular weight is 250 g/mol. The Balaban J connectivity index is 0.00000103. The van der Waals surface area contributed by atoms with E-state index in [4.69, 9.17) is 10.2 Å². The van der Waals surface area contributed by atoms with Crippen molar-refractivity contribution in [3.05, 3.63) is 60.7 Å². The van der Waals surface area contributed by atoms with Crippen molar-refractivity contribution in [2.75, 3.05) is 0 Å². The molecule has 0 atom stereocenters. The van der Waals surface area contributed by atoms with Gasteiger partial charge in [-0.25, -0.2) is 9.59 Å². The van der Waals surface area contributed by atoms with Gasteiger partial charge in [0.15, 0.2) is 0 Å².